The van der Waals surface area contributed by atoms with Gasteiger partial charge in [-0.1, -0.05) is 36.7 Å². The highest BCUT2D eigenvalue weighted by molar-refractivity contribution is 6.20. The molecule has 0 spiro atoms. The van der Waals surface area contributed by atoms with Crippen molar-refractivity contribution in [1.29, 1.82) is 0 Å². The van der Waals surface area contributed by atoms with E-state index in [9.17, 15) is 0 Å². The van der Waals surface area contributed by atoms with Gasteiger partial charge in [-0.25, -0.2) is 0 Å². The molecule has 2 aromatic heterocycles. The number of nitrogens with zero attached hydrogens (tertiary/aromatic N) is 3. The third-order valence-electron chi connectivity index (χ3n) is 3.34. The molecule has 0 fully saturated rings. The first-order valence-electron chi connectivity index (χ1n) is 7.03. The zero-order valence-corrected chi connectivity index (χ0v) is 12.8. The number of pyridine rings is 1. The normalized spacial score (nSPS) is 12.7. The first-order valence-corrected chi connectivity index (χ1v) is 7.47. The molecule has 0 radical (unpaired) electrons. The summed E-state index contributed by atoms with van der Waals surface area (Å²) in [5.74, 6) is 1.04. The Morgan fingerprint density at radius 2 is 2.05 bits per heavy atom. The van der Waals surface area contributed by atoms with E-state index < -0.39 is 0 Å². The van der Waals surface area contributed by atoms with Gasteiger partial charge >= 0.3 is 0 Å². The summed E-state index contributed by atoms with van der Waals surface area (Å²) in [6, 6.07) is 9.88. The number of rotatable bonds is 4. The standard InChI is InChI=1S/C16H16ClN3O/c1-3-6-13(17)15-19-16(21-20-15)12-9-10(2)18-14-8-5-4-7-11(12)14/h4-5,7-9,13H,3,6H2,1-2H3. The van der Waals surface area contributed by atoms with Gasteiger partial charge in [0.15, 0.2) is 5.82 Å². The van der Waals surface area contributed by atoms with E-state index in [4.69, 9.17) is 16.1 Å². The molecule has 0 aliphatic carbocycles. The summed E-state index contributed by atoms with van der Waals surface area (Å²) >= 11 is 6.26. The van der Waals surface area contributed by atoms with Crippen LogP contribution in [0.15, 0.2) is 34.9 Å². The third-order valence-corrected chi connectivity index (χ3v) is 3.75. The molecule has 0 amide bonds. The second-order valence-electron chi connectivity index (χ2n) is 5.04. The van der Waals surface area contributed by atoms with Gasteiger partial charge in [-0.3, -0.25) is 4.98 Å². The lowest BCUT2D eigenvalue weighted by Gasteiger charge is -2.03. The highest BCUT2D eigenvalue weighted by atomic mass is 35.5. The highest BCUT2D eigenvalue weighted by Gasteiger charge is 2.17. The lowest BCUT2D eigenvalue weighted by molar-refractivity contribution is 0.421. The quantitative estimate of drug-likeness (QED) is 0.657. The molecule has 0 saturated carbocycles. The maximum absolute atomic E-state index is 6.26. The van der Waals surface area contributed by atoms with Gasteiger partial charge in [-0.15, -0.1) is 11.6 Å². The van der Waals surface area contributed by atoms with Gasteiger partial charge in [0, 0.05) is 11.1 Å². The van der Waals surface area contributed by atoms with E-state index in [1.165, 1.54) is 0 Å². The van der Waals surface area contributed by atoms with E-state index in [1.807, 2.05) is 37.3 Å². The number of fused-ring (bicyclic) bond motifs is 1. The molecule has 3 rings (SSSR count). The Bertz CT molecular complexity index is 769. The van der Waals surface area contributed by atoms with Crippen LogP contribution in [-0.2, 0) is 0 Å². The van der Waals surface area contributed by atoms with Crippen LogP contribution in [0.25, 0.3) is 22.4 Å². The Hall–Kier alpha value is -1.94. The molecule has 1 unspecified atom stereocenters. The largest absolute Gasteiger partial charge is 0.334 e. The molecular formula is C16H16ClN3O. The van der Waals surface area contributed by atoms with Crippen LogP contribution in [-0.4, -0.2) is 15.1 Å². The number of benzene rings is 1. The third kappa shape index (κ3) is 2.76. The van der Waals surface area contributed by atoms with Crippen molar-refractivity contribution in [3.8, 4) is 11.5 Å². The van der Waals surface area contributed by atoms with Gasteiger partial charge in [0.1, 0.15) is 0 Å². The minimum atomic E-state index is -0.207. The van der Waals surface area contributed by atoms with Crippen LogP contribution in [0.1, 0.15) is 36.7 Å². The van der Waals surface area contributed by atoms with Crippen molar-refractivity contribution in [2.75, 3.05) is 0 Å². The average Bonchev–Trinajstić information content (AvgIpc) is 2.96. The van der Waals surface area contributed by atoms with Crippen molar-refractivity contribution in [3.05, 3.63) is 41.9 Å². The van der Waals surface area contributed by atoms with Crippen molar-refractivity contribution in [2.45, 2.75) is 32.1 Å². The summed E-state index contributed by atoms with van der Waals surface area (Å²) in [5, 5.41) is 4.80. The minimum absolute atomic E-state index is 0.207. The Kier molecular flexibility index (Phi) is 3.88. The van der Waals surface area contributed by atoms with Crippen LogP contribution in [0, 0.1) is 6.92 Å². The van der Waals surface area contributed by atoms with E-state index in [0.29, 0.717) is 11.7 Å². The van der Waals surface area contributed by atoms with Gasteiger partial charge in [0.25, 0.3) is 5.89 Å². The maximum atomic E-state index is 6.26. The summed E-state index contributed by atoms with van der Waals surface area (Å²) in [6.07, 6.45) is 1.81. The second-order valence-corrected chi connectivity index (χ2v) is 5.57. The molecule has 0 N–H and O–H groups in total. The number of aromatic nitrogens is 3. The summed E-state index contributed by atoms with van der Waals surface area (Å²) in [6.45, 7) is 4.03. The lowest BCUT2D eigenvalue weighted by atomic mass is 10.1. The zero-order valence-electron chi connectivity index (χ0n) is 12.0. The van der Waals surface area contributed by atoms with E-state index in [2.05, 4.69) is 22.0 Å². The van der Waals surface area contributed by atoms with Crippen molar-refractivity contribution in [3.63, 3.8) is 0 Å². The van der Waals surface area contributed by atoms with Crippen molar-refractivity contribution in [2.24, 2.45) is 0 Å². The Morgan fingerprint density at radius 1 is 1.24 bits per heavy atom. The van der Waals surface area contributed by atoms with Crippen LogP contribution in [0.2, 0.25) is 0 Å². The van der Waals surface area contributed by atoms with Crippen molar-refractivity contribution < 1.29 is 4.52 Å². The summed E-state index contributed by atoms with van der Waals surface area (Å²) in [4.78, 5) is 8.97. The molecule has 0 aliphatic heterocycles. The number of hydrogen-bond acceptors (Lipinski definition) is 4. The van der Waals surface area contributed by atoms with Crippen molar-refractivity contribution >= 4 is 22.5 Å². The molecule has 1 atom stereocenters. The molecule has 0 bridgehead atoms. The molecule has 108 valence electrons. The van der Waals surface area contributed by atoms with Crippen LogP contribution in [0.5, 0.6) is 0 Å². The van der Waals surface area contributed by atoms with Gasteiger partial charge in [-0.05, 0) is 25.5 Å². The summed E-state index contributed by atoms with van der Waals surface area (Å²) < 4.78 is 5.41. The second kappa shape index (κ2) is 5.82. The fraction of sp³-hybridized carbons (Fsp3) is 0.312. The lowest BCUT2D eigenvalue weighted by Crippen LogP contribution is -1.93. The first-order chi connectivity index (χ1) is 10.2. The molecule has 1 aromatic carbocycles. The molecule has 0 aliphatic rings. The molecular weight excluding hydrogens is 286 g/mol. The Balaban J connectivity index is 2.08. The number of para-hydroxylation sites is 1. The molecule has 4 nitrogen and oxygen atoms in total. The van der Waals surface area contributed by atoms with Gasteiger partial charge in [-0.2, -0.15) is 4.98 Å². The number of hydrogen-bond donors (Lipinski definition) is 0. The summed E-state index contributed by atoms with van der Waals surface area (Å²) in [5.41, 5.74) is 2.74. The average molecular weight is 302 g/mol. The van der Waals surface area contributed by atoms with Crippen LogP contribution in [0.4, 0.5) is 0 Å². The molecule has 21 heavy (non-hydrogen) atoms. The van der Waals surface area contributed by atoms with Gasteiger partial charge in [0.2, 0.25) is 0 Å². The SMILES string of the molecule is CCCC(Cl)c1noc(-c2cc(C)nc3ccccc23)n1. The summed E-state index contributed by atoms with van der Waals surface area (Å²) in [7, 11) is 0. The maximum Gasteiger partial charge on any atom is 0.258 e. The highest BCUT2D eigenvalue weighted by Crippen LogP contribution is 2.30. The molecule has 5 heteroatoms. The van der Waals surface area contributed by atoms with Crippen molar-refractivity contribution in [1.82, 2.24) is 15.1 Å². The Morgan fingerprint density at radius 3 is 2.86 bits per heavy atom. The van der Waals surface area contributed by atoms with Gasteiger partial charge in [0.05, 0.1) is 16.5 Å². The minimum Gasteiger partial charge on any atom is -0.334 e. The fourth-order valence-corrected chi connectivity index (χ4v) is 2.65. The van der Waals surface area contributed by atoms with Crippen LogP contribution < -0.4 is 0 Å². The monoisotopic (exact) mass is 301 g/mol. The molecule has 2 heterocycles. The predicted octanol–water partition coefficient (Wildman–Crippen LogP) is 4.67. The van der Waals surface area contributed by atoms with E-state index in [-0.39, 0.29) is 5.38 Å². The topological polar surface area (TPSA) is 51.8 Å². The van der Waals surface area contributed by atoms with E-state index >= 15 is 0 Å². The van der Waals surface area contributed by atoms with E-state index in [1.54, 1.807) is 0 Å². The zero-order chi connectivity index (χ0) is 14.8. The number of aryl methyl sites for hydroxylation is 1. The smallest absolute Gasteiger partial charge is 0.258 e. The molecule has 0 saturated heterocycles. The predicted molar refractivity (Wildman–Crippen MR) is 83.3 cm³/mol. The number of halogens is 1. The fourth-order valence-electron chi connectivity index (χ4n) is 2.34. The van der Waals surface area contributed by atoms with Crippen LogP contribution in [0.3, 0.4) is 0 Å². The number of alkyl halides is 1. The van der Waals surface area contributed by atoms with E-state index in [0.717, 1.165) is 35.0 Å². The van der Waals surface area contributed by atoms with Crippen LogP contribution >= 0.6 is 11.6 Å². The first kappa shape index (κ1) is 14.0. The molecule has 3 aromatic rings. The van der Waals surface area contributed by atoms with Gasteiger partial charge < -0.3 is 4.52 Å². The Labute approximate surface area is 128 Å².